The molecule has 0 saturated heterocycles. The average molecular weight is 356 g/mol. The first-order chi connectivity index (χ1) is 11.6. The second kappa shape index (κ2) is 9.23. The molecular weight excluding hydrogens is 342 g/mol. The van der Waals surface area contributed by atoms with Crippen LogP contribution in [0.5, 0.6) is 0 Å². The van der Waals surface area contributed by atoms with Gasteiger partial charge in [0.1, 0.15) is 11.6 Å². The third kappa shape index (κ3) is 5.49. The van der Waals surface area contributed by atoms with Crippen LogP contribution in [0.4, 0.5) is 8.78 Å². The molecule has 2 aromatic rings. The van der Waals surface area contributed by atoms with Gasteiger partial charge >= 0.3 is 0 Å². The molecule has 2 rings (SSSR count). The highest BCUT2D eigenvalue weighted by Gasteiger charge is 2.00. The number of hydrogen-bond donors (Lipinski definition) is 0. The van der Waals surface area contributed by atoms with Crippen molar-refractivity contribution in [3.8, 4) is 23.7 Å². The van der Waals surface area contributed by atoms with Crippen molar-refractivity contribution in [3.63, 3.8) is 0 Å². The summed E-state index contributed by atoms with van der Waals surface area (Å²) in [6, 6.07) is 12.1. The summed E-state index contributed by atoms with van der Waals surface area (Å²) in [4.78, 5) is 1.70. The molecule has 0 unspecified atom stereocenters. The van der Waals surface area contributed by atoms with Crippen LogP contribution in [0.1, 0.15) is 11.1 Å². The van der Waals surface area contributed by atoms with Crippen LogP contribution in [-0.2, 0) is 0 Å². The van der Waals surface area contributed by atoms with Crippen molar-refractivity contribution in [2.45, 2.75) is 0 Å². The van der Waals surface area contributed by atoms with E-state index in [1.54, 1.807) is 24.3 Å². The number of rotatable bonds is 2. The number of allylic oxidation sites excluding steroid dienone is 2. The Kier molecular flexibility index (Phi) is 7.00. The molecule has 0 aromatic heterocycles. The molecule has 0 N–H and O–H groups in total. The lowest BCUT2D eigenvalue weighted by molar-refractivity contribution is 0.627. The zero-order chi connectivity index (χ0) is 17.4. The molecule has 0 saturated carbocycles. The van der Waals surface area contributed by atoms with E-state index >= 15 is 0 Å². The topological polar surface area (TPSA) is 0 Å². The number of hydrogen-bond acceptors (Lipinski definition) is 2. The zero-order valence-electron chi connectivity index (χ0n) is 13.2. The highest BCUT2D eigenvalue weighted by Crippen LogP contribution is 2.23. The van der Waals surface area contributed by atoms with Gasteiger partial charge in [0.25, 0.3) is 0 Å². The van der Waals surface area contributed by atoms with Gasteiger partial charge in [-0.2, -0.15) is 0 Å². The number of benzene rings is 2. The first-order valence-electron chi connectivity index (χ1n) is 7.00. The van der Waals surface area contributed by atoms with Gasteiger partial charge in [0.05, 0.1) is 9.81 Å². The first kappa shape index (κ1) is 18.2. The van der Waals surface area contributed by atoms with E-state index in [4.69, 9.17) is 0 Å². The van der Waals surface area contributed by atoms with Gasteiger partial charge in [-0.05, 0) is 61.0 Å². The predicted octanol–water partition coefficient (Wildman–Crippen LogP) is 5.31. The Morgan fingerprint density at radius 2 is 1.00 bits per heavy atom. The average Bonchev–Trinajstić information content (AvgIpc) is 2.60. The van der Waals surface area contributed by atoms with Gasteiger partial charge in [-0.15, -0.1) is 23.5 Å². The lowest BCUT2D eigenvalue weighted by Crippen LogP contribution is -1.82. The molecule has 2 aromatic carbocycles. The quantitative estimate of drug-likeness (QED) is 0.669. The summed E-state index contributed by atoms with van der Waals surface area (Å²) < 4.78 is 25.8. The van der Waals surface area contributed by atoms with E-state index in [1.165, 1.54) is 47.8 Å². The van der Waals surface area contributed by atoms with E-state index < -0.39 is 0 Å². The summed E-state index contributed by atoms with van der Waals surface area (Å²) in [6.07, 6.45) is 3.87. The van der Waals surface area contributed by atoms with E-state index in [2.05, 4.69) is 23.7 Å². The van der Waals surface area contributed by atoms with Gasteiger partial charge < -0.3 is 0 Å². The van der Waals surface area contributed by atoms with E-state index in [0.717, 1.165) is 20.9 Å². The van der Waals surface area contributed by atoms with Gasteiger partial charge in [0.2, 0.25) is 0 Å². The Balaban J connectivity index is 2.30. The van der Waals surface area contributed by atoms with Crippen LogP contribution >= 0.6 is 23.5 Å². The molecule has 0 radical (unpaired) electrons. The van der Waals surface area contributed by atoms with Crippen LogP contribution in [-0.4, -0.2) is 12.5 Å². The smallest absolute Gasteiger partial charge is 0.123 e. The molecule has 0 aliphatic rings. The summed E-state index contributed by atoms with van der Waals surface area (Å²) >= 11 is 3.02. The van der Waals surface area contributed by atoms with E-state index in [9.17, 15) is 8.78 Å². The summed E-state index contributed by atoms with van der Waals surface area (Å²) in [5.41, 5.74) is 1.49. The second-order valence-corrected chi connectivity index (χ2v) is 6.21. The van der Waals surface area contributed by atoms with Crippen molar-refractivity contribution >= 4 is 23.5 Å². The van der Waals surface area contributed by atoms with Gasteiger partial charge in [0, 0.05) is 11.1 Å². The molecule has 0 nitrogen and oxygen atoms in total. The predicted molar refractivity (Wildman–Crippen MR) is 101 cm³/mol. The Morgan fingerprint density at radius 1 is 0.667 bits per heavy atom. The van der Waals surface area contributed by atoms with Gasteiger partial charge in [0.15, 0.2) is 0 Å². The fourth-order valence-corrected chi connectivity index (χ4v) is 3.00. The second-order valence-electron chi connectivity index (χ2n) is 4.58. The zero-order valence-corrected chi connectivity index (χ0v) is 14.8. The van der Waals surface area contributed by atoms with E-state index in [0.29, 0.717) is 0 Å². The lowest BCUT2D eigenvalue weighted by Gasteiger charge is -1.99. The molecule has 0 aliphatic heterocycles. The Morgan fingerprint density at radius 3 is 1.29 bits per heavy atom. The molecule has 0 spiro atoms. The highest BCUT2D eigenvalue weighted by atomic mass is 32.2. The SMILES string of the molecule is CS/C(C#Cc1ccc(F)cc1)=C(\C#Cc1ccc(F)cc1)SC. The molecule has 120 valence electrons. The third-order valence-corrected chi connectivity index (χ3v) is 4.50. The van der Waals surface area contributed by atoms with Crippen LogP contribution in [0.2, 0.25) is 0 Å². The Labute approximate surface area is 149 Å². The standard InChI is InChI=1S/C20H14F2S2/c1-23-19(13-7-15-3-9-17(21)10-4-15)20(24-2)14-8-16-5-11-18(22)12-6-16/h3-6,9-12H,1-2H3/b20-19+. The molecule has 0 atom stereocenters. The molecule has 0 aliphatic carbocycles. The largest absolute Gasteiger partial charge is 0.207 e. The van der Waals surface area contributed by atoms with Crippen LogP contribution in [0.3, 0.4) is 0 Å². The molecule has 4 heteroatoms. The monoisotopic (exact) mass is 356 g/mol. The molecule has 24 heavy (non-hydrogen) atoms. The molecule has 0 fully saturated rings. The maximum atomic E-state index is 12.9. The molecular formula is C20H14F2S2. The number of thioether (sulfide) groups is 2. The third-order valence-electron chi connectivity index (χ3n) is 2.94. The fourth-order valence-electron chi connectivity index (χ4n) is 1.73. The summed E-state index contributed by atoms with van der Waals surface area (Å²) in [6.45, 7) is 0. The maximum absolute atomic E-state index is 12.9. The minimum Gasteiger partial charge on any atom is -0.207 e. The Bertz CT molecular complexity index is 769. The Hall–Kier alpha value is -2.14. The summed E-state index contributed by atoms with van der Waals surface area (Å²) in [5.74, 6) is 11.6. The molecule has 0 amide bonds. The van der Waals surface area contributed by atoms with Crippen LogP contribution < -0.4 is 0 Å². The lowest BCUT2D eigenvalue weighted by atomic mass is 10.2. The van der Waals surface area contributed by atoms with E-state index in [-0.39, 0.29) is 11.6 Å². The van der Waals surface area contributed by atoms with Gasteiger partial charge in [-0.3, -0.25) is 0 Å². The van der Waals surface area contributed by atoms with Gasteiger partial charge in [-0.25, -0.2) is 8.78 Å². The van der Waals surface area contributed by atoms with Crippen molar-refractivity contribution in [2.24, 2.45) is 0 Å². The number of halogens is 2. The van der Waals surface area contributed by atoms with Crippen molar-refractivity contribution < 1.29 is 8.78 Å². The minimum atomic E-state index is -0.281. The summed E-state index contributed by atoms with van der Waals surface area (Å²) in [7, 11) is 0. The first-order valence-corrected chi connectivity index (χ1v) is 9.44. The van der Waals surface area contributed by atoms with Crippen LogP contribution in [0.15, 0.2) is 58.3 Å². The van der Waals surface area contributed by atoms with E-state index in [1.807, 2.05) is 12.5 Å². The highest BCUT2D eigenvalue weighted by molar-refractivity contribution is 8.06. The van der Waals surface area contributed by atoms with Crippen molar-refractivity contribution in [3.05, 3.63) is 81.1 Å². The maximum Gasteiger partial charge on any atom is 0.123 e. The fraction of sp³-hybridized carbons (Fsp3) is 0.100. The van der Waals surface area contributed by atoms with Crippen molar-refractivity contribution in [1.82, 2.24) is 0 Å². The van der Waals surface area contributed by atoms with Crippen molar-refractivity contribution in [1.29, 1.82) is 0 Å². The van der Waals surface area contributed by atoms with Crippen LogP contribution in [0.25, 0.3) is 0 Å². The molecule has 0 heterocycles. The minimum absolute atomic E-state index is 0.281. The van der Waals surface area contributed by atoms with Gasteiger partial charge in [-0.1, -0.05) is 23.7 Å². The van der Waals surface area contributed by atoms with Crippen molar-refractivity contribution in [2.75, 3.05) is 12.5 Å². The summed E-state index contributed by atoms with van der Waals surface area (Å²) in [5, 5.41) is 0. The molecule has 0 bridgehead atoms. The normalized spacial score (nSPS) is 10.8. The van der Waals surface area contributed by atoms with Crippen LogP contribution in [0, 0.1) is 35.3 Å².